The van der Waals surface area contributed by atoms with Gasteiger partial charge in [0.05, 0.1) is 0 Å². The highest BCUT2D eigenvalue weighted by atomic mass is 19.1. The highest BCUT2D eigenvalue weighted by molar-refractivity contribution is 5.88. The van der Waals surface area contributed by atoms with E-state index in [0.717, 1.165) is 23.8 Å². The molecule has 160 valence electrons. The quantitative estimate of drug-likeness (QED) is 0.789. The standard InChI is InChI=1S/C23H27F2N3O2/c1-27-10-5-11-28(21(23(27)30)12-16-6-3-2-4-7-16)22(29)15-19(26)14-17-13-18(24)8-9-20(17)25/h2-4,6-9,13,19,21H,5,10-12,14-15,26H2,1H3/t19-,21?/m1/s1. The van der Waals surface area contributed by atoms with Crippen LogP contribution in [-0.2, 0) is 22.4 Å². The highest BCUT2D eigenvalue weighted by Gasteiger charge is 2.34. The first kappa shape index (κ1) is 21.9. The number of benzene rings is 2. The van der Waals surface area contributed by atoms with E-state index in [1.807, 2.05) is 30.3 Å². The lowest BCUT2D eigenvalue weighted by molar-refractivity contribution is -0.143. The molecule has 2 amide bonds. The molecule has 2 atom stereocenters. The van der Waals surface area contributed by atoms with E-state index >= 15 is 0 Å². The van der Waals surface area contributed by atoms with E-state index in [4.69, 9.17) is 5.73 Å². The van der Waals surface area contributed by atoms with Gasteiger partial charge in [0.15, 0.2) is 0 Å². The van der Waals surface area contributed by atoms with Crippen molar-refractivity contribution < 1.29 is 18.4 Å². The fourth-order valence-corrected chi connectivity index (χ4v) is 3.86. The molecule has 30 heavy (non-hydrogen) atoms. The molecule has 2 aromatic carbocycles. The van der Waals surface area contributed by atoms with Gasteiger partial charge in [-0.15, -0.1) is 0 Å². The van der Waals surface area contributed by atoms with Crippen molar-refractivity contribution in [3.8, 4) is 0 Å². The fourth-order valence-electron chi connectivity index (χ4n) is 3.86. The molecule has 5 nitrogen and oxygen atoms in total. The van der Waals surface area contributed by atoms with Gasteiger partial charge in [0, 0.05) is 39.0 Å². The molecule has 1 unspecified atom stereocenters. The molecule has 0 radical (unpaired) electrons. The van der Waals surface area contributed by atoms with Crippen molar-refractivity contribution >= 4 is 11.8 Å². The molecule has 2 aromatic rings. The summed E-state index contributed by atoms with van der Waals surface area (Å²) in [5.41, 5.74) is 7.21. The van der Waals surface area contributed by atoms with Gasteiger partial charge in [0.2, 0.25) is 11.8 Å². The molecule has 1 saturated heterocycles. The van der Waals surface area contributed by atoms with Gasteiger partial charge in [0.1, 0.15) is 17.7 Å². The maximum absolute atomic E-state index is 13.9. The van der Waals surface area contributed by atoms with E-state index in [0.29, 0.717) is 25.9 Å². The second-order valence-corrected chi connectivity index (χ2v) is 7.81. The first-order chi connectivity index (χ1) is 14.3. The Hall–Kier alpha value is -2.80. The van der Waals surface area contributed by atoms with Crippen LogP contribution in [0.3, 0.4) is 0 Å². The lowest BCUT2D eigenvalue weighted by Gasteiger charge is -2.31. The molecule has 0 saturated carbocycles. The van der Waals surface area contributed by atoms with Crippen molar-refractivity contribution in [3.63, 3.8) is 0 Å². The van der Waals surface area contributed by atoms with Crippen molar-refractivity contribution in [1.29, 1.82) is 0 Å². The van der Waals surface area contributed by atoms with Crippen molar-refractivity contribution in [3.05, 3.63) is 71.3 Å². The maximum Gasteiger partial charge on any atom is 0.245 e. The molecule has 7 heteroatoms. The van der Waals surface area contributed by atoms with Crippen LogP contribution in [0.4, 0.5) is 8.78 Å². The summed E-state index contributed by atoms with van der Waals surface area (Å²) in [7, 11) is 1.74. The Balaban J connectivity index is 1.73. The summed E-state index contributed by atoms with van der Waals surface area (Å²) in [6.45, 7) is 1.03. The minimum Gasteiger partial charge on any atom is -0.344 e. The number of carbonyl (C=O) groups excluding carboxylic acids is 2. The Bertz CT molecular complexity index is 891. The number of nitrogens with zero attached hydrogens (tertiary/aromatic N) is 2. The third-order valence-corrected chi connectivity index (χ3v) is 5.45. The second kappa shape index (κ2) is 9.80. The van der Waals surface area contributed by atoms with Gasteiger partial charge in [0.25, 0.3) is 0 Å². The Morgan fingerprint density at radius 1 is 1.17 bits per heavy atom. The SMILES string of the molecule is CN1CCCN(C(=O)C[C@H](N)Cc2cc(F)ccc2F)C(Cc2ccccc2)C1=O. The maximum atomic E-state index is 13.9. The highest BCUT2D eigenvalue weighted by Crippen LogP contribution is 2.19. The Kier molecular flexibility index (Phi) is 7.15. The van der Waals surface area contributed by atoms with Gasteiger partial charge in [-0.3, -0.25) is 9.59 Å². The number of rotatable bonds is 6. The van der Waals surface area contributed by atoms with Gasteiger partial charge in [-0.05, 0) is 42.2 Å². The van der Waals surface area contributed by atoms with E-state index in [1.54, 1.807) is 16.8 Å². The minimum atomic E-state index is -0.678. The summed E-state index contributed by atoms with van der Waals surface area (Å²) < 4.78 is 27.3. The molecule has 1 fully saturated rings. The van der Waals surface area contributed by atoms with E-state index < -0.39 is 23.7 Å². The Morgan fingerprint density at radius 3 is 2.63 bits per heavy atom. The lowest BCUT2D eigenvalue weighted by atomic mass is 10.0. The van der Waals surface area contributed by atoms with Gasteiger partial charge < -0.3 is 15.5 Å². The van der Waals surface area contributed by atoms with Crippen LogP contribution >= 0.6 is 0 Å². The topological polar surface area (TPSA) is 66.6 Å². The molecule has 1 aliphatic heterocycles. The molecule has 1 aliphatic rings. The van der Waals surface area contributed by atoms with Crippen LogP contribution in [0.2, 0.25) is 0 Å². The van der Waals surface area contributed by atoms with Crippen LogP contribution in [0.25, 0.3) is 0 Å². The second-order valence-electron chi connectivity index (χ2n) is 7.81. The van der Waals surface area contributed by atoms with Crippen LogP contribution < -0.4 is 5.73 Å². The molecular formula is C23H27F2N3O2. The molecule has 0 aromatic heterocycles. The average Bonchev–Trinajstić information content (AvgIpc) is 2.85. The molecule has 0 spiro atoms. The third kappa shape index (κ3) is 5.42. The summed E-state index contributed by atoms with van der Waals surface area (Å²) >= 11 is 0. The molecule has 2 N–H and O–H groups in total. The number of hydrogen-bond donors (Lipinski definition) is 1. The molecule has 3 rings (SSSR count). The molecular weight excluding hydrogens is 388 g/mol. The predicted octanol–water partition coefficient (Wildman–Crippen LogP) is 2.53. The van der Waals surface area contributed by atoms with Crippen LogP contribution in [0.1, 0.15) is 24.0 Å². The smallest absolute Gasteiger partial charge is 0.245 e. The summed E-state index contributed by atoms with van der Waals surface area (Å²) in [5, 5.41) is 0. The number of carbonyl (C=O) groups is 2. The molecule has 0 bridgehead atoms. The largest absolute Gasteiger partial charge is 0.344 e. The van der Waals surface area contributed by atoms with Crippen molar-refractivity contribution in [2.24, 2.45) is 5.73 Å². The van der Waals surface area contributed by atoms with Crippen LogP contribution in [-0.4, -0.2) is 53.8 Å². The number of hydrogen-bond acceptors (Lipinski definition) is 3. The zero-order chi connectivity index (χ0) is 21.7. The van der Waals surface area contributed by atoms with Crippen molar-refractivity contribution in [2.75, 3.05) is 20.1 Å². The first-order valence-corrected chi connectivity index (χ1v) is 10.1. The number of halogens is 2. The van der Waals surface area contributed by atoms with Gasteiger partial charge in [-0.2, -0.15) is 0 Å². The van der Waals surface area contributed by atoms with Gasteiger partial charge in [-0.25, -0.2) is 8.78 Å². The summed E-state index contributed by atoms with van der Waals surface area (Å²) in [5.74, 6) is -1.44. The van der Waals surface area contributed by atoms with Gasteiger partial charge in [-0.1, -0.05) is 30.3 Å². The normalized spacial score (nSPS) is 18.3. The monoisotopic (exact) mass is 415 g/mol. The number of amides is 2. The van der Waals surface area contributed by atoms with Gasteiger partial charge >= 0.3 is 0 Å². The fraction of sp³-hybridized carbons (Fsp3) is 0.391. The summed E-state index contributed by atoms with van der Waals surface area (Å²) in [6, 6.07) is 11.5. The first-order valence-electron chi connectivity index (χ1n) is 10.1. The van der Waals surface area contributed by atoms with E-state index in [2.05, 4.69) is 0 Å². The number of nitrogens with two attached hydrogens (primary N) is 1. The lowest BCUT2D eigenvalue weighted by Crippen LogP contribution is -2.50. The van der Waals surface area contributed by atoms with E-state index in [9.17, 15) is 18.4 Å². The third-order valence-electron chi connectivity index (χ3n) is 5.45. The molecule has 1 heterocycles. The van der Waals surface area contributed by atoms with E-state index in [-0.39, 0.29) is 30.2 Å². The zero-order valence-corrected chi connectivity index (χ0v) is 17.1. The number of likely N-dealkylation sites (N-methyl/N-ethyl adjacent to an activating group) is 1. The predicted molar refractivity (Wildman–Crippen MR) is 111 cm³/mol. The van der Waals surface area contributed by atoms with Crippen molar-refractivity contribution in [1.82, 2.24) is 9.80 Å². The van der Waals surface area contributed by atoms with Crippen molar-refractivity contribution in [2.45, 2.75) is 37.8 Å². The average molecular weight is 415 g/mol. The molecule has 0 aliphatic carbocycles. The van der Waals surface area contributed by atoms with Crippen LogP contribution in [0.15, 0.2) is 48.5 Å². The summed E-state index contributed by atoms with van der Waals surface area (Å²) in [6.07, 6.45) is 1.09. The van der Waals surface area contributed by atoms with Crippen LogP contribution in [0, 0.1) is 11.6 Å². The Morgan fingerprint density at radius 2 is 1.90 bits per heavy atom. The van der Waals surface area contributed by atoms with Crippen LogP contribution in [0.5, 0.6) is 0 Å². The minimum absolute atomic E-state index is 0.0420. The van der Waals surface area contributed by atoms with E-state index in [1.165, 1.54) is 0 Å². The Labute approximate surface area is 175 Å². The zero-order valence-electron chi connectivity index (χ0n) is 17.1. The summed E-state index contributed by atoms with van der Waals surface area (Å²) in [4.78, 5) is 29.3.